The summed E-state index contributed by atoms with van der Waals surface area (Å²) in [7, 11) is 0. The number of aromatic nitrogens is 5. The van der Waals surface area contributed by atoms with Crippen LogP contribution in [-0.2, 0) is 5.54 Å². The van der Waals surface area contributed by atoms with Crippen LogP contribution in [0.2, 0.25) is 0 Å². The van der Waals surface area contributed by atoms with E-state index in [4.69, 9.17) is 0 Å². The predicted molar refractivity (Wildman–Crippen MR) is 56.0 cm³/mol. The maximum atomic E-state index is 4.10. The van der Waals surface area contributed by atoms with Crippen LogP contribution in [0.3, 0.4) is 0 Å². The molecule has 2 aromatic rings. The highest BCUT2D eigenvalue weighted by Crippen LogP contribution is 2.22. The standard InChI is InChI=1S/C10H13N5/c1-10(2,3)15-7-13-14-9(15)8-4-5-11-12-6-8/h4-7H,1-3H3. The van der Waals surface area contributed by atoms with Crippen LogP contribution in [0.5, 0.6) is 0 Å². The minimum Gasteiger partial charge on any atom is -0.308 e. The molecule has 0 aliphatic rings. The Morgan fingerprint density at radius 3 is 2.53 bits per heavy atom. The van der Waals surface area contributed by atoms with Gasteiger partial charge in [-0.1, -0.05) is 0 Å². The monoisotopic (exact) mass is 203 g/mol. The van der Waals surface area contributed by atoms with E-state index in [-0.39, 0.29) is 5.54 Å². The Morgan fingerprint density at radius 2 is 1.93 bits per heavy atom. The molecule has 0 spiro atoms. The zero-order valence-electron chi connectivity index (χ0n) is 9.05. The van der Waals surface area contributed by atoms with Gasteiger partial charge in [0, 0.05) is 11.1 Å². The van der Waals surface area contributed by atoms with E-state index in [0.717, 1.165) is 11.4 Å². The van der Waals surface area contributed by atoms with Crippen molar-refractivity contribution in [2.75, 3.05) is 0 Å². The molecule has 0 aliphatic heterocycles. The van der Waals surface area contributed by atoms with Crippen LogP contribution in [-0.4, -0.2) is 25.0 Å². The summed E-state index contributed by atoms with van der Waals surface area (Å²) in [6.45, 7) is 6.32. The predicted octanol–water partition coefficient (Wildman–Crippen LogP) is 1.49. The van der Waals surface area contributed by atoms with Crippen LogP contribution < -0.4 is 0 Å². The maximum absolute atomic E-state index is 4.10. The zero-order valence-corrected chi connectivity index (χ0v) is 9.05. The van der Waals surface area contributed by atoms with Crippen molar-refractivity contribution in [2.45, 2.75) is 26.3 Å². The van der Waals surface area contributed by atoms with Gasteiger partial charge in [-0.25, -0.2) is 0 Å². The van der Waals surface area contributed by atoms with E-state index in [9.17, 15) is 0 Å². The van der Waals surface area contributed by atoms with Gasteiger partial charge in [-0.3, -0.25) is 0 Å². The number of nitrogens with zero attached hydrogens (tertiary/aromatic N) is 5. The highest BCUT2D eigenvalue weighted by molar-refractivity contribution is 5.52. The van der Waals surface area contributed by atoms with Gasteiger partial charge in [0.25, 0.3) is 0 Å². The molecule has 0 saturated carbocycles. The van der Waals surface area contributed by atoms with Crippen molar-refractivity contribution in [1.82, 2.24) is 25.0 Å². The summed E-state index contributed by atoms with van der Waals surface area (Å²) in [5, 5.41) is 15.6. The Bertz CT molecular complexity index is 440. The average molecular weight is 203 g/mol. The molecule has 2 rings (SSSR count). The molecule has 2 aromatic heterocycles. The quantitative estimate of drug-likeness (QED) is 0.704. The topological polar surface area (TPSA) is 56.5 Å². The molecule has 0 amide bonds. The van der Waals surface area contributed by atoms with E-state index in [2.05, 4.69) is 41.2 Å². The molecule has 78 valence electrons. The summed E-state index contributed by atoms with van der Waals surface area (Å²) in [5.74, 6) is 0.817. The Hall–Kier alpha value is -1.78. The Morgan fingerprint density at radius 1 is 1.13 bits per heavy atom. The van der Waals surface area contributed by atoms with Gasteiger partial charge in [-0.15, -0.1) is 10.2 Å². The Labute approximate surface area is 88.2 Å². The lowest BCUT2D eigenvalue weighted by atomic mass is 10.1. The van der Waals surface area contributed by atoms with E-state index in [1.807, 2.05) is 10.6 Å². The van der Waals surface area contributed by atoms with Gasteiger partial charge < -0.3 is 4.57 Å². The highest BCUT2D eigenvalue weighted by atomic mass is 15.3. The summed E-state index contributed by atoms with van der Waals surface area (Å²) in [6.07, 6.45) is 5.07. The zero-order chi connectivity index (χ0) is 10.9. The van der Waals surface area contributed by atoms with Gasteiger partial charge >= 0.3 is 0 Å². The van der Waals surface area contributed by atoms with E-state index in [0.29, 0.717) is 0 Å². The second-order valence-electron chi connectivity index (χ2n) is 4.33. The number of hydrogen-bond acceptors (Lipinski definition) is 4. The molecule has 0 radical (unpaired) electrons. The minimum absolute atomic E-state index is 0.0396. The number of hydrogen-bond donors (Lipinski definition) is 0. The molecule has 5 nitrogen and oxygen atoms in total. The second kappa shape index (κ2) is 3.42. The van der Waals surface area contributed by atoms with Crippen LogP contribution >= 0.6 is 0 Å². The summed E-state index contributed by atoms with van der Waals surface area (Å²) in [4.78, 5) is 0. The van der Waals surface area contributed by atoms with Crippen LogP contribution in [0.25, 0.3) is 11.4 Å². The first-order chi connectivity index (χ1) is 7.09. The van der Waals surface area contributed by atoms with Gasteiger partial charge in [-0.2, -0.15) is 10.2 Å². The van der Waals surface area contributed by atoms with Crippen molar-refractivity contribution in [1.29, 1.82) is 0 Å². The van der Waals surface area contributed by atoms with Crippen molar-refractivity contribution >= 4 is 0 Å². The molecule has 0 aliphatic carbocycles. The van der Waals surface area contributed by atoms with E-state index in [1.54, 1.807) is 18.7 Å². The largest absolute Gasteiger partial charge is 0.308 e. The van der Waals surface area contributed by atoms with E-state index < -0.39 is 0 Å². The normalized spacial score (nSPS) is 11.7. The van der Waals surface area contributed by atoms with Crippen molar-refractivity contribution < 1.29 is 0 Å². The van der Waals surface area contributed by atoms with Gasteiger partial charge in [0.15, 0.2) is 5.82 Å². The lowest BCUT2D eigenvalue weighted by molar-refractivity contribution is 0.399. The van der Waals surface area contributed by atoms with Crippen LogP contribution in [0.1, 0.15) is 20.8 Å². The van der Waals surface area contributed by atoms with Gasteiger partial charge in [-0.05, 0) is 26.8 Å². The summed E-state index contributed by atoms with van der Waals surface area (Å²) in [6, 6.07) is 1.87. The molecule has 5 heteroatoms. The van der Waals surface area contributed by atoms with Crippen molar-refractivity contribution in [3.63, 3.8) is 0 Å². The van der Waals surface area contributed by atoms with Crippen LogP contribution in [0.4, 0.5) is 0 Å². The molecule has 0 aromatic carbocycles. The molecule has 15 heavy (non-hydrogen) atoms. The molecule has 0 unspecified atom stereocenters. The molecule has 0 fully saturated rings. The van der Waals surface area contributed by atoms with Crippen LogP contribution in [0, 0.1) is 0 Å². The molecular weight excluding hydrogens is 190 g/mol. The fourth-order valence-corrected chi connectivity index (χ4v) is 1.35. The third kappa shape index (κ3) is 1.86. The maximum Gasteiger partial charge on any atom is 0.165 e. The summed E-state index contributed by atoms with van der Waals surface area (Å²) in [5.41, 5.74) is 0.889. The minimum atomic E-state index is -0.0396. The van der Waals surface area contributed by atoms with Crippen molar-refractivity contribution in [3.05, 3.63) is 24.8 Å². The summed E-state index contributed by atoms with van der Waals surface area (Å²) < 4.78 is 2.02. The van der Waals surface area contributed by atoms with Gasteiger partial charge in [0.05, 0.1) is 12.4 Å². The highest BCUT2D eigenvalue weighted by Gasteiger charge is 2.18. The lowest BCUT2D eigenvalue weighted by Gasteiger charge is -2.22. The van der Waals surface area contributed by atoms with E-state index >= 15 is 0 Å². The van der Waals surface area contributed by atoms with Crippen LogP contribution in [0.15, 0.2) is 24.8 Å². The molecule has 0 N–H and O–H groups in total. The molecule has 0 saturated heterocycles. The first kappa shape index (κ1) is 9.76. The lowest BCUT2D eigenvalue weighted by Crippen LogP contribution is -2.21. The molecular formula is C10H13N5. The van der Waals surface area contributed by atoms with E-state index in [1.165, 1.54) is 0 Å². The fourth-order valence-electron chi connectivity index (χ4n) is 1.35. The average Bonchev–Trinajstić information content (AvgIpc) is 2.67. The Kier molecular flexibility index (Phi) is 2.22. The van der Waals surface area contributed by atoms with Crippen molar-refractivity contribution in [3.8, 4) is 11.4 Å². The number of rotatable bonds is 1. The molecule has 0 atom stereocenters. The summed E-state index contributed by atoms with van der Waals surface area (Å²) >= 11 is 0. The van der Waals surface area contributed by atoms with Gasteiger partial charge in [0.2, 0.25) is 0 Å². The fraction of sp³-hybridized carbons (Fsp3) is 0.400. The SMILES string of the molecule is CC(C)(C)n1cnnc1-c1ccnnc1. The second-order valence-corrected chi connectivity index (χ2v) is 4.33. The Balaban J connectivity index is 2.51. The third-order valence-electron chi connectivity index (χ3n) is 2.11. The van der Waals surface area contributed by atoms with Crippen molar-refractivity contribution in [2.24, 2.45) is 0 Å². The molecule has 2 heterocycles. The van der Waals surface area contributed by atoms with Gasteiger partial charge in [0.1, 0.15) is 6.33 Å². The smallest absolute Gasteiger partial charge is 0.165 e. The first-order valence-corrected chi connectivity index (χ1v) is 4.76. The third-order valence-corrected chi connectivity index (χ3v) is 2.11. The first-order valence-electron chi connectivity index (χ1n) is 4.76. The molecule has 0 bridgehead atoms.